The number of anilines is 1. The van der Waals surface area contributed by atoms with Gasteiger partial charge in [-0.2, -0.15) is 0 Å². The van der Waals surface area contributed by atoms with Crippen LogP contribution < -0.4 is 10.1 Å². The largest absolute Gasteiger partial charge is 0.501 e. The molecule has 3 rings (SSSR count). The molecule has 0 radical (unpaired) electrons. The summed E-state index contributed by atoms with van der Waals surface area (Å²) in [6, 6.07) is 13.4. The summed E-state index contributed by atoms with van der Waals surface area (Å²) >= 11 is 0. The van der Waals surface area contributed by atoms with Crippen molar-refractivity contribution in [2.45, 2.75) is 6.92 Å². The van der Waals surface area contributed by atoms with E-state index in [2.05, 4.69) is 10.3 Å². The Morgan fingerprint density at radius 1 is 1.12 bits per heavy atom. The number of pyridine rings is 1. The monoisotopic (exact) mass is 338 g/mol. The summed E-state index contributed by atoms with van der Waals surface area (Å²) in [5.74, 6) is -2.02. The van der Waals surface area contributed by atoms with Gasteiger partial charge in [-0.15, -0.1) is 0 Å². The number of nitrogens with zero attached hydrogens (tertiary/aromatic N) is 1. The average Bonchev–Trinajstić information content (AvgIpc) is 2.92. The second kappa shape index (κ2) is 6.88. The Kier molecular flexibility index (Phi) is 4.47. The van der Waals surface area contributed by atoms with Crippen LogP contribution in [-0.4, -0.2) is 22.0 Å². The van der Waals surface area contributed by atoms with Gasteiger partial charge in [0.15, 0.2) is 0 Å². The summed E-state index contributed by atoms with van der Waals surface area (Å²) in [5, 5.41) is 12.8. The molecular formula is C18H14N2O5. The maximum atomic E-state index is 12.3. The van der Waals surface area contributed by atoms with Gasteiger partial charge in [-0.25, -0.2) is 0 Å². The number of benzene rings is 1. The van der Waals surface area contributed by atoms with Crippen LogP contribution in [0.5, 0.6) is 11.5 Å². The molecule has 0 atom stereocenters. The maximum absolute atomic E-state index is 12.3. The Balaban J connectivity index is 2.00. The number of furan rings is 1. The number of aromatic hydroxyl groups is 1. The Morgan fingerprint density at radius 2 is 1.84 bits per heavy atom. The van der Waals surface area contributed by atoms with E-state index in [9.17, 15) is 14.7 Å². The van der Waals surface area contributed by atoms with E-state index < -0.39 is 17.6 Å². The third-order valence-electron chi connectivity index (χ3n) is 3.25. The van der Waals surface area contributed by atoms with Crippen molar-refractivity contribution in [2.75, 3.05) is 5.32 Å². The van der Waals surface area contributed by atoms with Gasteiger partial charge < -0.3 is 14.3 Å². The van der Waals surface area contributed by atoms with Gasteiger partial charge >= 0.3 is 5.97 Å². The number of aromatic nitrogens is 1. The average molecular weight is 338 g/mol. The molecule has 2 N–H and O–H groups in total. The van der Waals surface area contributed by atoms with E-state index >= 15 is 0 Å². The Bertz CT molecular complexity index is 904. The molecule has 1 aromatic carbocycles. The molecular weight excluding hydrogens is 324 g/mol. The number of amides is 1. The topological polar surface area (TPSA) is 102 Å². The number of carbonyl (C=O) groups excluding carboxylic acids is 2. The third kappa shape index (κ3) is 3.50. The van der Waals surface area contributed by atoms with Crippen LogP contribution in [0.15, 0.2) is 59.1 Å². The molecule has 7 nitrogen and oxygen atoms in total. The molecule has 0 fully saturated rings. The van der Waals surface area contributed by atoms with Crippen LogP contribution in [-0.2, 0) is 4.79 Å². The fraction of sp³-hybridized carbons (Fsp3) is 0.0556. The molecule has 0 saturated carbocycles. The number of ether oxygens (including phenoxy) is 1. The Morgan fingerprint density at radius 3 is 2.48 bits per heavy atom. The van der Waals surface area contributed by atoms with Crippen LogP contribution >= 0.6 is 0 Å². The molecule has 0 aliphatic heterocycles. The fourth-order valence-electron chi connectivity index (χ4n) is 2.16. The van der Waals surface area contributed by atoms with E-state index in [1.807, 2.05) is 0 Å². The number of nitrogens with one attached hydrogen (secondary N) is 1. The molecule has 25 heavy (non-hydrogen) atoms. The highest BCUT2D eigenvalue weighted by Crippen LogP contribution is 2.45. The molecule has 126 valence electrons. The highest BCUT2D eigenvalue weighted by Gasteiger charge is 2.26. The Hall–Kier alpha value is -3.61. The Labute approximate surface area is 142 Å². The van der Waals surface area contributed by atoms with Crippen molar-refractivity contribution in [3.8, 4) is 23.0 Å². The lowest BCUT2D eigenvalue weighted by molar-refractivity contribution is -0.132. The molecule has 3 aromatic rings. The summed E-state index contributed by atoms with van der Waals surface area (Å²) in [6.45, 7) is 1.18. The van der Waals surface area contributed by atoms with Gasteiger partial charge in [-0.05, 0) is 24.3 Å². The van der Waals surface area contributed by atoms with Crippen molar-refractivity contribution < 1.29 is 23.8 Å². The van der Waals surface area contributed by atoms with Gasteiger partial charge in [0.1, 0.15) is 5.69 Å². The van der Waals surface area contributed by atoms with Crippen molar-refractivity contribution in [3.63, 3.8) is 0 Å². The van der Waals surface area contributed by atoms with Gasteiger partial charge in [-0.1, -0.05) is 24.3 Å². The maximum Gasteiger partial charge on any atom is 0.308 e. The van der Waals surface area contributed by atoms with E-state index in [-0.39, 0.29) is 17.4 Å². The zero-order valence-electron chi connectivity index (χ0n) is 13.2. The van der Waals surface area contributed by atoms with Crippen molar-refractivity contribution in [3.05, 3.63) is 60.3 Å². The highest BCUT2D eigenvalue weighted by molar-refractivity contribution is 6.04. The summed E-state index contributed by atoms with van der Waals surface area (Å²) < 4.78 is 10.5. The smallest absolute Gasteiger partial charge is 0.308 e. The van der Waals surface area contributed by atoms with E-state index in [1.54, 1.807) is 48.5 Å². The number of hydrogen-bond donors (Lipinski definition) is 2. The molecule has 7 heteroatoms. The zero-order valence-corrected chi connectivity index (χ0v) is 13.2. The molecule has 0 aliphatic carbocycles. The van der Waals surface area contributed by atoms with Crippen LogP contribution in [0.4, 0.5) is 5.88 Å². The van der Waals surface area contributed by atoms with E-state index in [4.69, 9.17) is 9.15 Å². The first kappa shape index (κ1) is 16.3. The van der Waals surface area contributed by atoms with Crippen LogP contribution in [0.1, 0.15) is 17.3 Å². The molecule has 0 bridgehead atoms. The molecule has 0 unspecified atom stereocenters. The minimum Gasteiger partial charge on any atom is -0.501 e. The molecule has 1 amide bonds. The van der Waals surface area contributed by atoms with E-state index in [0.717, 1.165) is 0 Å². The quantitative estimate of drug-likeness (QED) is 0.708. The number of carbonyl (C=O) groups is 2. The van der Waals surface area contributed by atoms with Crippen LogP contribution in [0.25, 0.3) is 11.5 Å². The predicted octanol–water partition coefficient (Wildman–Crippen LogP) is 3.22. The number of rotatable bonds is 4. The lowest BCUT2D eigenvalue weighted by Crippen LogP contribution is -2.12. The minimum absolute atomic E-state index is 0.0137. The first-order valence-corrected chi connectivity index (χ1v) is 7.38. The van der Waals surface area contributed by atoms with Crippen LogP contribution in [0.2, 0.25) is 0 Å². The molecule has 0 aliphatic rings. The van der Waals surface area contributed by atoms with Gasteiger partial charge in [0.05, 0.1) is 0 Å². The number of hydrogen-bond acceptors (Lipinski definition) is 6. The molecule has 0 spiro atoms. The van der Waals surface area contributed by atoms with Crippen molar-refractivity contribution >= 4 is 17.8 Å². The summed E-state index contributed by atoms with van der Waals surface area (Å²) in [4.78, 5) is 27.7. The van der Waals surface area contributed by atoms with Gasteiger partial charge in [0.2, 0.25) is 23.1 Å². The highest BCUT2D eigenvalue weighted by atomic mass is 16.6. The molecule has 2 heterocycles. The normalized spacial score (nSPS) is 10.3. The van der Waals surface area contributed by atoms with Gasteiger partial charge in [0.25, 0.3) is 5.91 Å². The predicted molar refractivity (Wildman–Crippen MR) is 89.3 cm³/mol. The first-order chi connectivity index (χ1) is 12.1. The summed E-state index contributed by atoms with van der Waals surface area (Å²) in [5.41, 5.74) is 0.708. The number of esters is 1. The first-order valence-electron chi connectivity index (χ1n) is 7.38. The lowest BCUT2D eigenvalue weighted by Gasteiger charge is -2.04. The zero-order chi connectivity index (χ0) is 17.8. The third-order valence-corrected chi connectivity index (χ3v) is 3.25. The fourth-order valence-corrected chi connectivity index (χ4v) is 2.16. The van der Waals surface area contributed by atoms with Crippen molar-refractivity contribution in [1.29, 1.82) is 0 Å². The SMILES string of the molecule is CC(=O)Oc1c(NC(=O)c2ccccc2)oc(-c2ccccn2)c1O. The minimum atomic E-state index is -0.668. The van der Waals surface area contributed by atoms with Gasteiger partial charge in [0, 0.05) is 18.7 Å². The van der Waals surface area contributed by atoms with Crippen LogP contribution in [0.3, 0.4) is 0 Å². The summed E-state index contributed by atoms with van der Waals surface area (Å²) in [7, 11) is 0. The van der Waals surface area contributed by atoms with E-state index in [1.165, 1.54) is 13.1 Å². The lowest BCUT2D eigenvalue weighted by atomic mass is 10.2. The van der Waals surface area contributed by atoms with Crippen LogP contribution in [0, 0.1) is 0 Å². The second-order valence-corrected chi connectivity index (χ2v) is 5.07. The van der Waals surface area contributed by atoms with Crippen molar-refractivity contribution in [1.82, 2.24) is 4.98 Å². The van der Waals surface area contributed by atoms with Gasteiger partial charge in [-0.3, -0.25) is 19.9 Å². The van der Waals surface area contributed by atoms with Crippen molar-refractivity contribution in [2.24, 2.45) is 0 Å². The van der Waals surface area contributed by atoms with E-state index in [0.29, 0.717) is 11.3 Å². The summed E-state index contributed by atoms with van der Waals surface area (Å²) in [6.07, 6.45) is 1.52. The molecule has 0 saturated heterocycles. The molecule has 2 aromatic heterocycles. The standard InChI is InChI=1S/C18H14N2O5/c1-11(21)24-16-14(22)15(13-9-5-6-10-19-13)25-18(16)20-17(23)12-7-3-2-4-8-12/h2-10,22H,1H3,(H,20,23). The second-order valence-electron chi connectivity index (χ2n) is 5.07.